The first-order valence-electron chi connectivity index (χ1n) is 10.7. The zero-order valence-electron chi connectivity index (χ0n) is 17.6. The molecule has 1 aliphatic carbocycles. The second-order valence-corrected chi connectivity index (χ2v) is 7.95. The van der Waals surface area contributed by atoms with Crippen LogP contribution in [0.25, 0.3) is 0 Å². The van der Waals surface area contributed by atoms with Crippen LogP contribution in [0.2, 0.25) is 0 Å². The van der Waals surface area contributed by atoms with Crippen molar-refractivity contribution < 1.29 is 14.3 Å². The Morgan fingerprint density at radius 3 is 2.53 bits per heavy atom. The van der Waals surface area contributed by atoms with Crippen molar-refractivity contribution in [2.24, 2.45) is 5.92 Å². The maximum atomic E-state index is 12.3. The lowest BCUT2D eigenvalue weighted by Crippen LogP contribution is -2.08. The van der Waals surface area contributed by atoms with E-state index in [0.717, 1.165) is 29.7 Å². The van der Waals surface area contributed by atoms with Gasteiger partial charge in [0, 0.05) is 0 Å². The van der Waals surface area contributed by atoms with E-state index in [9.17, 15) is 4.79 Å². The molecule has 2 unspecified atom stereocenters. The SMILES string of the molecule is CCOC(=O)c1ccccc1C1CC1Cc1cccc(C)c1OCc1ccccc1. The van der Waals surface area contributed by atoms with Crippen LogP contribution in [0.5, 0.6) is 5.75 Å². The standard InChI is InChI=1S/C27H28O3/c1-3-29-27(28)24-15-8-7-14-23(24)25-17-22(25)16-21-13-9-10-19(2)26(21)30-18-20-11-5-4-6-12-20/h4-15,22,25H,3,16-18H2,1-2H3. The summed E-state index contributed by atoms with van der Waals surface area (Å²) < 4.78 is 11.5. The smallest absolute Gasteiger partial charge is 0.338 e. The number of benzene rings is 3. The van der Waals surface area contributed by atoms with Gasteiger partial charge in [0.15, 0.2) is 0 Å². The first kappa shape index (κ1) is 20.2. The molecule has 4 rings (SSSR count). The average Bonchev–Trinajstić information content (AvgIpc) is 3.53. The molecule has 0 heterocycles. The molecule has 3 nitrogen and oxygen atoms in total. The minimum atomic E-state index is -0.221. The lowest BCUT2D eigenvalue weighted by atomic mass is 9.98. The highest BCUT2D eigenvalue weighted by molar-refractivity contribution is 5.91. The van der Waals surface area contributed by atoms with Gasteiger partial charge in [0.1, 0.15) is 12.4 Å². The monoisotopic (exact) mass is 400 g/mol. The number of carbonyl (C=O) groups is 1. The van der Waals surface area contributed by atoms with Gasteiger partial charge in [0.2, 0.25) is 0 Å². The third-order valence-electron chi connectivity index (χ3n) is 5.78. The van der Waals surface area contributed by atoms with Gasteiger partial charge in [-0.05, 0) is 66.8 Å². The Bertz CT molecular complexity index is 1010. The Morgan fingerprint density at radius 2 is 1.73 bits per heavy atom. The summed E-state index contributed by atoms with van der Waals surface area (Å²) in [5.41, 5.74) is 5.39. The Kier molecular flexibility index (Phi) is 6.18. The van der Waals surface area contributed by atoms with Gasteiger partial charge >= 0.3 is 5.97 Å². The number of aryl methyl sites for hydroxylation is 1. The summed E-state index contributed by atoms with van der Waals surface area (Å²) in [4.78, 5) is 12.3. The molecule has 30 heavy (non-hydrogen) atoms. The normalized spacial score (nSPS) is 17.4. The number of hydrogen-bond acceptors (Lipinski definition) is 3. The number of hydrogen-bond donors (Lipinski definition) is 0. The molecule has 3 aromatic carbocycles. The Hall–Kier alpha value is -3.07. The van der Waals surface area contributed by atoms with Gasteiger partial charge in [-0.3, -0.25) is 0 Å². The average molecular weight is 401 g/mol. The van der Waals surface area contributed by atoms with Crippen molar-refractivity contribution in [3.05, 3.63) is 101 Å². The molecular weight excluding hydrogens is 372 g/mol. The van der Waals surface area contributed by atoms with Crippen LogP contribution in [0, 0.1) is 12.8 Å². The molecule has 0 amide bonds. The number of esters is 1. The van der Waals surface area contributed by atoms with Crippen molar-refractivity contribution in [1.29, 1.82) is 0 Å². The van der Waals surface area contributed by atoms with Gasteiger partial charge in [-0.2, -0.15) is 0 Å². The van der Waals surface area contributed by atoms with Gasteiger partial charge in [-0.1, -0.05) is 66.7 Å². The minimum Gasteiger partial charge on any atom is -0.488 e. The van der Waals surface area contributed by atoms with Crippen LogP contribution in [-0.2, 0) is 17.8 Å². The molecule has 2 atom stereocenters. The van der Waals surface area contributed by atoms with Gasteiger partial charge < -0.3 is 9.47 Å². The van der Waals surface area contributed by atoms with Crippen molar-refractivity contribution in [1.82, 2.24) is 0 Å². The lowest BCUT2D eigenvalue weighted by Gasteiger charge is -2.15. The fraction of sp³-hybridized carbons (Fsp3) is 0.296. The first-order chi connectivity index (χ1) is 14.7. The van der Waals surface area contributed by atoms with E-state index in [-0.39, 0.29) is 5.97 Å². The summed E-state index contributed by atoms with van der Waals surface area (Å²) in [7, 11) is 0. The molecule has 1 fully saturated rings. The van der Waals surface area contributed by atoms with E-state index < -0.39 is 0 Å². The van der Waals surface area contributed by atoms with Crippen LogP contribution in [0.15, 0.2) is 72.8 Å². The zero-order chi connectivity index (χ0) is 20.9. The second-order valence-electron chi connectivity index (χ2n) is 7.95. The summed E-state index contributed by atoms with van der Waals surface area (Å²) in [6.45, 7) is 4.91. The highest BCUT2D eigenvalue weighted by atomic mass is 16.5. The third kappa shape index (κ3) is 4.56. The van der Waals surface area contributed by atoms with E-state index in [0.29, 0.717) is 30.6 Å². The Morgan fingerprint density at radius 1 is 0.967 bits per heavy atom. The molecule has 154 valence electrons. The van der Waals surface area contributed by atoms with Gasteiger partial charge in [-0.25, -0.2) is 4.79 Å². The maximum Gasteiger partial charge on any atom is 0.338 e. The molecule has 0 N–H and O–H groups in total. The van der Waals surface area contributed by atoms with E-state index >= 15 is 0 Å². The predicted molar refractivity (Wildman–Crippen MR) is 119 cm³/mol. The van der Waals surface area contributed by atoms with Crippen LogP contribution in [0.3, 0.4) is 0 Å². The summed E-state index contributed by atoms with van der Waals surface area (Å²) >= 11 is 0. The summed E-state index contributed by atoms with van der Waals surface area (Å²) in [5, 5.41) is 0. The number of para-hydroxylation sites is 1. The highest BCUT2D eigenvalue weighted by Crippen LogP contribution is 2.51. The lowest BCUT2D eigenvalue weighted by molar-refractivity contribution is 0.0525. The van der Waals surface area contributed by atoms with Crippen molar-refractivity contribution >= 4 is 5.97 Å². The van der Waals surface area contributed by atoms with Crippen LogP contribution < -0.4 is 4.74 Å². The largest absolute Gasteiger partial charge is 0.488 e. The molecule has 0 radical (unpaired) electrons. The fourth-order valence-corrected chi connectivity index (χ4v) is 4.16. The van der Waals surface area contributed by atoms with Gasteiger partial charge in [0.25, 0.3) is 0 Å². The highest BCUT2D eigenvalue weighted by Gasteiger charge is 2.40. The van der Waals surface area contributed by atoms with E-state index in [1.807, 2.05) is 43.3 Å². The van der Waals surface area contributed by atoms with Crippen LogP contribution >= 0.6 is 0 Å². The third-order valence-corrected chi connectivity index (χ3v) is 5.78. The predicted octanol–water partition coefficient (Wildman–Crippen LogP) is 6.10. The molecule has 0 aromatic heterocycles. The Balaban J connectivity index is 1.48. The van der Waals surface area contributed by atoms with Crippen molar-refractivity contribution in [3.8, 4) is 5.75 Å². The van der Waals surface area contributed by atoms with E-state index in [1.165, 1.54) is 11.1 Å². The van der Waals surface area contributed by atoms with Crippen LogP contribution in [-0.4, -0.2) is 12.6 Å². The number of rotatable bonds is 8. The number of carbonyl (C=O) groups excluding carboxylic acids is 1. The first-order valence-corrected chi connectivity index (χ1v) is 10.7. The molecule has 0 spiro atoms. The zero-order valence-corrected chi connectivity index (χ0v) is 17.6. The molecule has 3 heteroatoms. The molecule has 3 aromatic rings. The van der Waals surface area contributed by atoms with E-state index in [1.54, 1.807) is 0 Å². The van der Waals surface area contributed by atoms with Crippen LogP contribution in [0.1, 0.15) is 51.9 Å². The molecular formula is C27H28O3. The molecule has 0 bridgehead atoms. The topological polar surface area (TPSA) is 35.5 Å². The minimum absolute atomic E-state index is 0.221. The van der Waals surface area contributed by atoms with Crippen LogP contribution in [0.4, 0.5) is 0 Å². The second kappa shape index (κ2) is 9.17. The molecule has 1 aliphatic rings. The summed E-state index contributed by atoms with van der Waals surface area (Å²) in [5.74, 6) is 1.68. The van der Waals surface area contributed by atoms with Gasteiger partial charge in [-0.15, -0.1) is 0 Å². The molecule has 1 saturated carbocycles. The Labute approximate surface area is 178 Å². The fourth-order valence-electron chi connectivity index (χ4n) is 4.16. The van der Waals surface area contributed by atoms with Crippen molar-refractivity contribution in [3.63, 3.8) is 0 Å². The summed E-state index contributed by atoms with van der Waals surface area (Å²) in [6.07, 6.45) is 2.04. The maximum absolute atomic E-state index is 12.3. The quantitative estimate of drug-likeness (QED) is 0.429. The number of ether oxygens (including phenoxy) is 2. The molecule has 0 saturated heterocycles. The van der Waals surface area contributed by atoms with Crippen molar-refractivity contribution in [2.45, 2.75) is 39.2 Å². The summed E-state index contributed by atoms with van der Waals surface area (Å²) in [6, 6.07) is 24.5. The molecule has 0 aliphatic heterocycles. The van der Waals surface area contributed by atoms with E-state index in [2.05, 4.69) is 43.3 Å². The van der Waals surface area contributed by atoms with E-state index in [4.69, 9.17) is 9.47 Å². The van der Waals surface area contributed by atoms with Gasteiger partial charge in [0.05, 0.1) is 12.2 Å². The van der Waals surface area contributed by atoms with Crippen molar-refractivity contribution in [2.75, 3.05) is 6.61 Å².